The third kappa shape index (κ3) is 4.59. The molecule has 0 aliphatic carbocycles. The molecule has 1 aromatic heterocycles. The highest BCUT2D eigenvalue weighted by molar-refractivity contribution is 7.90. The zero-order valence-corrected chi connectivity index (χ0v) is 20.4. The molecule has 4 rings (SSSR count). The summed E-state index contributed by atoms with van der Waals surface area (Å²) in [5.41, 5.74) is 0.885. The van der Waals surface area contributed by atoms with E-state index in [-0.39, 0.29) is 16.2 Å². The third-order valence-electron chi connectivity index (χ3n) is 5.20. The molecule has 1 heterocycles. The average molecular weight is 499 g/mol. The number of sulfone groups is 1. The van der Waals surface area contributed by atoms with Gasteiger partial charge in [-0.3, -0.25) is 9.59 Å². The molecule has 0 aliphatic rings. The number of fused-ring (bicyclic) bond motifs is 2. The number of benzene rings is 3. The average Bonchev–Trinajstić information content (AvgIpc) is 3.14. The van der Waals surface area contributed by atoms with Crippen LogP contribution in [0.2, 0.25) is 0 Å². The Morgan fingerprint density at radius 1 is 1.09 bits per heavy atom. The van der Waals surface area contributed by atoms with Crippen LogP contribution in [0.5, 0.6) is 5.75 Å². The van der Waals surface area contributed by atoms with Crippen LogP contribution in [0.25, 0.3) is 21.0 Å². The van der Waals surface area contributed by atoms with Gasteiger partial charge in [0.05, 0.1) is 34.4 Å². The molecule has 0 saturated carbocycles. The molecule has 0 fully saturated rings. The molecule has 8 nitrogen and oxygen atoms in total. The highest BCUT2D eigenvalue weighted by atomic mass is 32.2. The van der Waals surface area contributed by atoms with E-state index in [1.807, 2.05) is 37.3 Å². The molecule has 0 radical (unpaired) electrons. The highest BCUT2D eigenvalue weighted by Gasteiger charge is 2.19. The number of carbonyl (C=O) groups is 2. The second-order valence-electron chi connectivity index (χ2n) is 7.46. The molecule has 3 aromatic carbocycles. The van der Waals surface area contributed by atoms with E-state index in [4.69, 9.17) is 9.47 Å². The van der Waals surface area contributed by atoms with Gasteiger partial charge in [-0.05, 0) is 42.0 Å². The summed E-state index contributed by atoms with van der Waals surface area (Å²) >= 11 is 1.12. The topological polar surface area (TPSA) is 104 Å². The normalized spacial score (nSPS) is 12.3. The van der Waals surface area contributed by atoms with Crippen LogP contribution in [0.1, 0.15) is 17.3 Å². The number of methoxy groups -OCH3 is 1. The van der Waals surface area contributed by atoms with Gasteiger partial charge in [0.25, 0.3) is 5.91 Å². The summed E-state index contributed by atoms with van der Waals surface area (Å²) in [7, 11) is -2.17. The van der Waals surface area contributed by atoms with Crippen molar-refractivity contribution in [2.75, 3.05) is 20.0 Å². The van der Waals surface area contributed by atoms with E-state index in [2.05, 4.69) is 4.99 Å². The van der Waals surface area contributed by atoms with Crippen molar-refractivity contribution in [1.82, 2.24) is 4.57 Å². The molecule has 176 valence electrons. The van der Waals surface area contributed by atoms with Crippen molar-refractivity contribution in [2.45, 2.75) is 18.4 Å². The van der Waals surface area contributed by atoms with Crippen molar-refractivity contribution in [3.8, 4) is 5.75 Å². The fraction of sp³-hybridized carbons (Fsp3) is 0.208. The van der Waals surface area contributed by atoms with Gasteiger partial charge < -0.3 is 14.0 Å². The highest BCUT2D eigenvalue weighted by Crippen LogP contribution is 2.29. The predicted octanol–water partition coefficient (Wildman–Crippen LogP) is 3.57. The van der Waals surface area contributed by atoms with Gasteiger partial charge in [0.15, 0.2) is 14.6 Å². The molecule has 1 amide bonds. The van der Waals surface area contributed by atoms with Gasteiger partial charge in [-0.15, -0.1) is 0 Å². The minimum absolute atomic E-state index is 0.136. The number of aromatic nitrogens is 1. The molecule has 0 N–H and O–H groups in total. The van der Waals surface area contributed by atoms with E-state index >= 15 is 0 Å². The maximum absolute atomic E-state index is 13.5. The summed E-state index contributed by atoms with van der Waals surface area (Å²) in [4.78, 5) is 30.3. The standard InChI is InChI=1S/C24H22N2O6S2/c1-4-32-19-12-9-15-7-5-6-8-17(15)22(19)23(28)25-24-26(14-21(27)31-2)18-11-10-16(34(3,29)30)13-20(18)33-24/h5-13H,4,14H2,1-3H3. The molecule has 0 bridgehead atoms. The van der Waals surface area contributed by atoms with Gasteiger partial charge in [0.2, 0.25) is 0 Å². The first-order chi connectivity index (χ1) is 16.2. The van der Waals surface area contributed by atoms with Crippen LogP contribution in [0, 0.1) is 0 Å². The van der Waals surface area contributed by atoms with Crippen LogP contribution in [0.4, 0.5) is 0 Å². The fourth-order valence-electron chi connectivity index (χ4n) is 3.61. The number of hydrogen-bond donors (Lipinski definition) is 0. The lowest BCUT2D eigenvalue weighted by atomic mass is 10.0. The Balaban J connectivity index is 1.95. The summed E-state index contributed by atoms with van der Waals surface area (Å²) < 4.78 is 36.6. The molecular weight excluding hydrogens is 476 g/mol. The van der Waals surface area contributed by atoms with Crippen LogP contribution in [0.3, 0.4) is 0 Å². The molecule has 10 heteroatoms. The Morgan fingerprint density at radius 3 is 2.56 bits per heavy atom. The fourth-order valence-corrected chi connectivity index (χ4v) is 5.40. The SMILES string of the molecule is CCOc1ccc2ccccc2c1C(=O)N=c1sc2cc(S(C)(=O)=O)ccc2n1CC(=O)OC. The van der Waals surface area contributed by atoms with Gasteiger partial charge in [-0.25, -0.2) is 8.42 Å². The largest absolute Gasteiger partial charge is 0.493 e. The lowest BCUT2D eigenvalue weighted by Gasteiger charge is -2.10. The van der Waals surface area contributed by atoms with Crippen LogP contribution < -0.4 is 9.54 Å². The zero-order chi connectivity index (χ0) is 24.5. The summed E-state index contributed by atoms with van der Waals surface area (Å²) in [5.74, 6) is -0.648. The van der Waals surface area contributed by atoms with E-state index in [0.29, 0.717) is 33.5 Å². The Labute approximate surface area is 200 Å². The van der Waals surface area contributed by atoms with Gasteiger partial charge >= 0.3 is 5.97 Å². The Hall–Kier alpha value is -3.50. The first-order valence-electron chi connectivity index (χ1n) is 10.4. The Kier molecular flexibility index (Phi) is 6.54. The van der Waals surface area contributed by atoms with Crippen molar-refractivity contribution in [2.24, 2.45) is 4.99 Å². The number of rotatable bonds is 6. The summed E-state index contributed by atoms with van der Waals surface area (Å²) in [6.45, 7) is 2.02. The first-order valence-corrected chi connectivity index (χ1v) is 13.1. The first kappa shape index (κ1) is 23.7. The molecular formula is C24H22N2O6S2. The van der Waals surface area contributed by atoms with Crippen molar-refractivity contribution >= 4 is 54.0 Å². The number of esters is 1. The molecule has 0 aliphatic heterocycles. The van der Waals surface area contributed by atoms with E-state index in [0.717, 1.165) is 23.0 Å². The third-order valence-corrected chi connectivity index (χ3v) is 7.35. The van der Waals surface area contributed by atoms with E-state index in [1.54, 1.807) is 16.7 Å². The smallest absolute Gasteiger partial charge is 0.325 e. The van der Waals surface area contributed by atoms with Crippen molar-refractivity contribution in [3.05, 3.63) is 65.0 Å². The van der Waals surface area contributed by atoms with Crippen molar-refractivity contribution in [1.29, 1.82) is 0 Å². The summed E-state index contributed by atoms with van der Waals surface area (Å²) in [6.07, 6.45) is 1.12. The zero-order valence-electron chi connectivity index (χ0n) is 18.8. The summed E-state index contributed by atoms with van der Waals surface area (Å²) in [5, 5.41) is 1.56. The van der Waals surface area contributed by atoms with Crippen LogP contribution in [-0.4, -0.2) is 44.8 Å². The van der Waals surface area contributed by atoms with Gasteiger partial charge in [0.1, 0.15) is 12.3 Å². The van der Waals surface area contributed by atoms with Crippen LogP contribution in [-0.2, 0) is 25.9 Å². The maximum Gasteiger partial charge on any atom is 0.325 e. The molecule has 0 saturated heterocycles. The van der Waals surface area contributed by atoms with E-state index in [9.17, 15) is 18.0 Å². The van der Waals surface area contributed by atoms with Gasteiger partial charge in [0, 0.05) is 6.26 Å². The van der Waals surface area contributed by atoms with Gasteiger partial charge in [-0.1, -0.05) is 41.7 Å². The monoisotopic (exact) mass is 498 g/mol. The number of ether oxygens (including phenoxy) is 2. The van der Waals surface area contributed by atoms with Gasteiger partial charge in [-0.2, -0.15) is 4.99 Å². The number of amides is 1. The second kappa shape index (κ2) is 9.40. The molecule has 0 spiro atoms. The minimum atomic E-state index is -3.44. The quantitative estimate of drug-likeness (QED) is 0.377. The Morgan fingerprint density at radius 2 is 1.85 bits per heavy atom. The van der Waals surface area contributed by atoms with E-state index in [1.165, 1.54) is 19.2 Å². The lowest BCUT2D eigenvalue weighted by Crippen LogP contribution is -2.22. The summed E-state index contributed by atoms with van der Waals surface area (Å²) in [6, 6.07) is 15.6. The lowest BCUT2D eigenvalue weighted by molar-refractivity contribution is -0.141. The molecule has 34 heavy (non-hydrogen) atoms. The molecule has 0 unspecified atom stereocenters. The Bertz CT molecular complexity index is 1600. The van der Waals surface area contributed by atoms with Crippen molar-refractivity contribution in [3.63, 3.8) is 0 Å². The molecule has 0 atom stereocenters. The number of nitrogens with zero attached hydrogens (tertiary/aromatic N) is 2. The van der Waals surface area contributed by atoms with Crippen LogP contribution >= 0.6 is 11.3 Å². The maximum atomic E-state index is 13.5. The van der Waals surface area contributed by atoms with Crippen LogP contribution in [0.15, 0.2) is 64.5 Å². The second-order valence-corrected chi connectivity index (χ2v) is 10.5. The van der Waals surface area contributed by atoms with Crippen molar-refractivity contribution < 1.29 is 27.5 Å². The number of thiazole rings is 1. The minimum Gasteiger partial charge on any atom is -0.493 e. The molecule has 4 aromatic rings. The number of hydrogen-bond acceptors (Lipinski definition) is 7. The number of carbonyl (C=O) groups excluding carboxylic acids is 2. The predicted molar refractivity (Wildman–Crippen MR) is 130 cm³/mol. The van der Waals surface area contributed by atoms with E-state index < -0.39 is 21.7 Å².